The molecule has 1 N–H and O–H groups in total. The van der Waals surface area contributed by atoms with E-state index in [9.17, 15) is 5.11 Å². The van der Waals surface area contributed by atoms with Crippen molar-refractivity contribution < 1.29 is 5.11 Å². The SMILES string of the molecule is CC(O)(Cc1nccs1)c1ccccc1. The molecule has 0 spiro atoms. The minimum absolute atomic E-state index is 0.564. The minimum atomic E-state index is -0.834. The van der Waals surface area contributed by atoms with Gasteiger partial charge in [0, 0.05) is 18.0 Å². The van der Waals surface area contributed by atoms with Gasteiger partial charge in [-0.05, 0) is 12.5 Å². The number of hydrogen-bond donors (Lipinski definition) is 1. The molecule has 2 rings (SSSR count). The summed E-state index contributed by atoms with van der Waals surface area (Å²) in [5.41, 5.74) is 0.0965. The Kier molecular flexibility index (Phi) is 2.84. The van der Waals surface area contributed by atoms with Crippen LogP contribution in [0.1, 0.15) is 17.5 Å². The van der Waals surface area contributed by atoms with Crippen LogP contribution in [-0.4, -0.2) is 10.1 Å². The number of aromatic nitrogens is 1. The van der Waals surface area contributed by atoms with Gasteiger partial charge in [0.25, 0.3) is 0 Å². The van der Waals surface area contributed by atoms with Crippen LogP contribution in [0.25, 0.3) is 0 Å². The van der Waals surface area contributed by atoms with E-state index in [1.807, 2.05) is 42.6 Å². The Morgan fingerprint density at radius 2 is 2.07 bits per heavy atom. The van der Waals surface area contributed by atoms with Crippen molar-refractivity contribution in [3.8, 4) is 0 Å². The second-order valence-electron chi connectivity index (χ2n) is 3.74. The fourth-order valence-corrected chi connectivity index (χ4v) is 2.30. The summed E-state index contributed by atoms with van der Waals surface area (Å²) >= 11 is 1.57. The maximum absolute atomic E-state index is 10.3. The molecule has 0 bridgehead atoms. The van der Waals surface area contributed by atoms with Crippen molar-refractivity contribution >= 4 is 11.3 Å². The average molecular weight is 219 g/mol. The number of hydrogen-bond acceptors (Lipinski definition) is 3. The molecule has 0 aliphatic carbocycles. The lowest BCUT2D eigenvalue weighted by molar-refractivity contribution is 0.0576. The number of rotatable bonds is 3. The van der Waals surface area contributed by atoms with E-state index in [2.05, 4.69) is 4.98 Å². The first kappa shape index (κ1) is 10.3. The first-order valence-corrected chi connectivity index (χ1v) is 5.73. The van der Waals surface area contributed by atoms with E-state index in [4.69, 9.17) is 0 Å². The summed E-state index contributed by atoms with van der Waals surface area (Å²) in [6.07, 6.45) is 2.33. The monoisotopic (exact) mass is 219 g/mol. The molecular weight excluding hydrogens is 206 g/mol. The fraction of sp³-hybridized carbons (Fsp3) is 0.250. The summed E-state index contributed by atoms with van der Waals surface area (Å²) in [4.78, 5) is 4.19. The summed E-state index contributed by atoms with van der Waals surface area (Å²) in [6.45, 7) is 1.82. The molecule has 0 amide bonds. The van der Waals surface area contributed by atoms with Gasteiger partial charge >= 0.3 is 0 Å². The number of nitrogens with zero attached hydrogens (tertiary/aromatic N) is 1. The molecule has 0 aliphatic heterocycles. The van der Waals surface area contributed by atoms with Gasteiger partial charge in [0.2, 0.25) is 0 Å². The highest BCUT2D eigenvalue weighted by molar-refractivity contribution is 7.09. The summed E-state index contributed by atoms with van der Waals surface area (Å²) < 4.78 is 0. The van der Waals surface area contributed by atoms with Crippen molar-refractivity contribution in [2.75, 3.05) is 0 Å². The van der Waals surface area contributed by atoms with Crippen molar-refractivity contribution in [3.05, 3.63) is 52.5 Å². The molecule has 1 aromatic carbocycles. The van der Waals surface area contributed by atoms with Crippen molar-refractivity contribution in [2.45, 2.75) is 18.9 Å². The van der Waals surface area contributed by atoms with Gasteiger partial charge in [0.05, 0.1) is 10.6 Å². The third kappa shape index (κ3) is 2.43. The highest BCUT2D eigenvalue weighted by Gasteiger charge is 2.24. The van der Waals surface area contributed by atoms with Gasteiger partial charge in [-0.1, -0.05) is 30.3 Å². The third-order valence-electron chi connectivity index (χ3n) is 2.37. The van der Waals surface area contributed by atoms with E-state index in [0.29, 0.717) is 6.42 Å². The topological polar surface area (TPSA) is 33.1 Å². The van der Waals surface area contributed by atoms with Crippen molar-refractivity contribution in [1.82, 2.24) is 4.98 Å². The van der Waals surface area contributed by atoms with E-state index < -0.39 is 5.60 Å². The number of thiazole rings is 1. The van der Waals surface area contributed by atoms with Crippen LogP contribution in [0.15, 0.2) is 41.9 Å². The molecule has 1 atom stereocenters. The molecular formula is C12H13NOS. The summed E-state index contributed by atoms with van der Waals surface area (Å²) in [6, 6.07) is 9.70. The first-order valence-electron chi connectivity index (χ1n) is 4.85. The molecule has 3 heteroatoms. The molecule has 0 radical (unpaired) electrons. The standard InChI is InChI=1S/C12H13NOS/c1-12(14,9-11-13-7-8-15-11)10-5-3-2-4-6-10/h2-8,14H,9H2,1H3. The zero-order chi connectivity index (χ0) is 10.7. The Labute approximate surface area is 93.2 Å². The molecule has 0 fully saturated rings. The lowest BCUT2D eigenvalue weighted by Crippen LogP contribution is -2.23. The predicted octanol–water partition coefficient (Wildman–Crippen LogP) is 2.59. The summed E-state index contributed by atoms with van der Waals surface area (Å²) in [5.74, 6) is 0. The van der Waals surface area contributed by atoms with Crippen LogP contribution in [0.3, 0.4) is 0 Å². The normalized spacial score (nSPS) is 14.8. The molecule has 0 saturated heterocycles. The van der Waals surface area contributed by atoms with Crippen LogP contribution in [0.2, 0.25) is 0 Å². The fourth-order valence-electron chi connectivity index (χ4n) is 1.53. The summed E-state index contributed by atoms with van der Waals surface area (Å²) in [7, 11) is 0. The Morgan fingerprint density at radius 1 is 1.33 bits per heavy atom. The van der Waals surface area contributed by atoms with E-state index >= 15 is 0 Å². The van der Waals surface area contributed by atoms with Crippen molar-refractivity contribution in [2.24, 2.45) is 0 Å². The molecule has 15 heavy (non-hydrogen) atoms. The Hall–Kier alpha value is -1.19. The molecule has 78 valence electrons. The highest BCUT2D eigenvalue weighted by atomic mass is 32.1. The van der Waals surface area contributed by atoms with E-state index in [-0.39, 0.29) is 0 Å². The number of benzene rings is 1. The van der Waals surface area contributed by atoms with Crippen molar-refractivity contribution in [3.63, 3.8) is 0 Å². The third-order valence-corrected chi connectivity index (χ3v) is 3.15. The lowest BCUT2D eigenvalue weighted by Gasteiger charge is -2.22. The lowest BCUT2D eigenvalue weighted by atomic mass is 9.93. The van der Waals surface area contributed by atoms with E-state index in [1.54, 1.807) is 17.5 Å². The molecule has 1 unspecified atom stereocenters. The second kappa shape index (κ2) is 4.13. The van der Waals surface area contributed by atoms with Gasteiger partial charge in [-0.15, -0.1) is 11.3 Å². The van der Waals surface area contributed by atoms with Crippen LogP contribution in [0, 0.1) is 0 Å². The predicted molar refractivity (Wildman–Crippen MR) is 61.8 cm³/mol. The van der Waals surface area contributed by atoms with Crippen LogP contribution in [0.4, 0.5) is 0 Å². The smallest absolute Gasteiger partial charge is 0.0956 e. The minimum Gasteiger partial charge on any atom is -0.385 e. The Balaban J connectivity index is 2.20. The Morgan fingerprint density at radius 3 is 2.67 bits per heavy atom. The van der Waals surface area contributed by atoms with Gasteiger partial charge in [-0.2, -0.15) is 0 Å². The zero-order valence-corrected chi connectivity index (χ0v) is 9.37. The average Bonchev–Trinajstić information content (AvgIpc) is 2.71. The van der Waals surface area contributed by atoms with Gasteiger partial charge in [-0.3, -0.25) is 0 Å². The van der Waals surface area contributed by atoms with Gasteiger partial charge < -0.3 is 5.11 Å². The van der Waals surface area contributed by atoms with Crippen LogP contribution < -0.4 is 0 Å². The second-order valence-corrected chi connectivity index (χ2v) is 4.72. The van der Waals surface area contributed by atoms with Gasteiger partial charge in [0.15, 0.2) is 0 Å². The molecule has 2 nitrogen and oxygen atoms in total. The zero-order valence-electron chi connectivity index (χ0n) is 8.55. The molecule has 1 heterocycles. The maximum atomic E-state index is 10.3. The van der Waals surface area contributed by atoms with Gasteiger partial charge in [0.1, 0.15) is 0 Å². The molecule has 0 aliphatic rings. The highest BCUT2D eigenvalue weighted by Crippen LogP contribution is 2.25. The van der Waals surface area contributed by atoms with Gasteiger partial charge in [-0.25, -0.2) is 4.98 Å². The van der Waals surface area contributed by atoms with Crippen LogP contribution in [-0.2, 0) is 12.0 Å². The summed E-state index contributed by atoms with van der Waals surface area (Å²) in [5, 5.41) is 13.2. The maximum Gasteiger partial charge on any atom is 0.0956 e. The van der Waals surface area contributed by atoms with Crippen LogP contribution in [0.5, 0.6) is 0 Å². The Bertz CT molecular complexity index is 408. The molecule has 1 aromatic heterocycles. The molecule has 0 saturated carbocycles. The van der Waals surface area contributed by atoms with Crippen molar-refractivity contribution in [1.29, 1.82) is 0 Å². The number of aliphatic hydroxyl groups is 1. The van der Waals surface area contributed by atoms with E-state index in [1.165, 1.54) is 0 Å². The van der Waals surface area contributed by atoms with Crippen LogP contribution >= 0.6 is 11.3 Å². The molecule has 2 aromatic rings. The first-order chi connectivity index (χ1) is 7.18. The largest absolute Gasteiger partial charge is 0.385 e. The quantitative estimate of drug-likeness (QED) is 0.860. The van der Waals surface area contributed by atoms with E-state index in [0.717, 1.165) is 10.6 Å².